The van der Waals surface area contributed by atoms with E-state index in [4.69, 9.17) is 21.1 Å². The fraction of sp³-hybridized carbons (Fsp3) is 0.0909. The number of carbonyl (C=O) groups is 1. The fourth-order valence-corrected chi connectivity index (χ4v) is 3.56. The van der Waals surface area contributed by atoms with Crippen LogP contribution >= 0.6 is 22.9 Å². The van der Waals surface area contributed by atoms with E-state index in [0.29, 0.717) is 5.02 Å². The van der Waals surface area contributed by atoms with Crippen LogP contribution < -0.4 is 14.2 Å². The van der Waals surface area contributed by atoms with Crippen LogP contribution in [0.15, 0.2) is 60.9 Å². The van der Waals surface area contributed by atoms with E-state index in [2.05, 4.69) is 19.9 Å². The summed E-state index contributed by atoms with van der Waals surface area (Å²) in [6, 6.07) is 11.7. The predicted molar refractivity (Wildman–Crippen MR) is 117 cm³/mol. The molecule has 0 aliphatic heterocycles. The number of hydrogen-bond donors (Lipinski definition) is 0. The third kappa shape index (κ3) is 5.61. The Morgan fingerprint density at radius 1 is 1.06 bits per heavy atom. The Hall–Kier alpha value is -3.70. The van der Waals surface area contributed by atoms with Crippen molar-refractivity contribution >= 4 is 28.9 Å². The lowest BCUT2D eigenvalue weighted by Gasteiger charge is -2.13. The molecule has 34 heavy (non-hydrogen) atoms. The summed E-state index contributed by atoms with van der Waals surface area (Å²) >= 11 is 6.71. The molecule has 0 radical (unpaired) electrons. The Balaban J connectivity index is 1.52. The van der Waals surface area contributed by atoms with Gasteiger partial charge in [-0.15, -0.1) is 0 Å². The first-order chi connectivity index (χ1) is 16.4. The summed E-state index contributed by atoms with van der Waals surface area (Å²) in [5, 5.41) is 8.16. The molecule has 174 valence electrons. The average Bonchev–Trinajstić information content (AvgIpc) is 3.26. The van der Waals surface area contributed by atoms with Crippen LogP contribution in [0.25, 0.3) is 11.1 Å². The summed E-state index contributed by atoms with van der Waals surface area (Å²) in [6.45, 7) is -3.01. The fourth-order valence-electron chi connectivity index (χ4n) is 2.89. The first-order valence-corrected chi connectivity index (χ1v) is 10.7. The summed E-state index contributed by atoms with van der Waals surface area (Å²) in [7, 11) is 0. The Bertz CT molecular complexity index is 1300. The number of esters is 1. The van der Waals surface area contributed by atoms with Gasteiger partial charge < -0.3 is 14.2 Å². The lowest BCUT2D eigenvalue weighted by atomic mass is 10.0. The number of nitrogens with zero attached hydrogens (tertiary/aromatic N) is 3. The van der Waals surface area contributed by atoms with E-state index in [9.17, 15) is 18.0 Å². The van der Waals surface area contributed by atoms with Crippen molar-refractivity contribution in [2.24, 2.45) is 0 Å². The summed E-state index contributed by atoms with van der Waals surface area (Å²) in [4.78, 5) is 16.7. The molecule has 0 fully saturated rings. The predicted octanol–water partition coefficient (Wildman–Crippen LogP) is 5.79. The van der Waals surface area contributed by atoms with Crippen LogP contribution in [-0.4, -0.2) is 27.8 Å². The minimum atomic E-state index is -3.19. The number of aromatic nitrogens is 3. The maximum absolute atomic E-state index is 14.6. The van der Waals surface area contributed by atoms with Crippen molar-refractivity contribution in [3.63, 3.8) is 0 Å². The monoisotopic (exact) mass is 507 g/mol. The van der Waals surface area contributed by atoms with Gasteiger partial charge in [0.25, 0.3) is 5.19 Å². The number of pyridine rings is 1. The Labute approximate surface area is 199 Å². The van der Waals surface area contributed by atoms with Gasteiger partial charge in [-0.2, -0.15) is 8.78 Å². The number of carbonyl (C=O) groups excluding carboxylic acids is 1. The van der Waals surface area contributed by atoms with Crippen molar-refractivity contribution in [2.45, 2.75) is 13.2 Å². The molecule has 0 unspecified atom stereocenters. The zero-order valence-corrected chi connectivity index (χ0v) is 18.5. The summed E-state index contributed by atoms with van der Waals surface area (Å²) < 4.78 is 55.3. The first-order valence-electron chi connectivity index (χ1n) is 9.51. The van der Waals surface area contributed by atoms with E-state index in [1.165, 1.54) is 18.3 Å². The highest BCUT2D eigenvalue weighted by Gasteiger charge is 2.23. The van der Waals surface area contributed by atoms with Crippen LogP contribution in [0, 0.1) is 5.82 Å². The van der Waals surface area contributed by atoms with Gasteiger partial charge in [0.2, 0.25) is 0 Å². The third-order valence-corrected chi connectivity index (χ3v) is 5.31. The van der Waals surface area contributed by atoms with E-state index in [1.807, 2.05) is 0 Å². The summed E-state index contributed by atoms with van der Waals surface area (Å²) in [5.41, 5.74) is 0.251. The molecule has 4 aromatic rings. The van der Waals surface area contributed by atoms with Crippen molar-refractivity contribution in [2.75, 3.05) is 0 Å². The molecular formula is C22H13ClF3N3O4S. The molecule has 2 aromatic carbocycles. The number of hydrogen-bond acceptors (Lipinski definition) is 8. The number of ether oxygens (including phenoxy) is 3. The molecule has 2 heterocycles. The Morgan fingerprint density at radius 2 is 1.82 bits per heavy atom. The van der Waals surface area contributed by atoms with Crippen LogP contribution in [0.4, 0.5) is 13.2 Å². The van der Waals surface area contributed by atoms with Crippen LogP contribution in [0.1, 0.15) is 15.9 Å². The number of halogens is 4. The molecule has 12 heteroatoms. The SMILES string of the molecule is O=C(Oc1nnc(OCc2ccc(Cl)cc2)s1)c1ccncc1-c1c(F)cccc1OC(F)F. The topological polar surface area (TPSA) is 83.4 Å². The highest BCUT2D eigenvalue weighted by molar-refractivity contribution is 7.14. The van der Waals surface area contributed by atoms with Crippen molar-refractivity contribution in [3.05, 3.63) is 82.9 Å². The Kier molecular flexibility index (Phi) is 7.24. The Morgan fingerprint density at radius 3 is 2.59 bits per heavy atom. The molecule has 0 aliphatic carbocycles. The molecule has 0 bridgehead atoms. The zero-order chi connectivity index (χ0) is 24.1. The number of rotatable bonds is 8. The summed E-state index contributed by atoms with van der Waals surface area (Å²) in [6.07, 6.45) is 2.42. The first kappa shape index (κ1) is 23.5. The van der Waals surface area contributed by atoms with Crippen molar-refractivity contribution in [3.8, 4) is 27.3 Å². The largest absolute Gasteiger partial charge is 0.464 e. The molecule has 0 saturated heterocycles. The van der Waals surface area contributed by atoms with Gasteiger partial charge in [0.05, 0.1) is 11.1 Å². The standard InChI is InChI=1S/C22H13ClF3N3O4S/c23-13-6-4-12(5-7-13)11-31-21-28-29-22(34-21)33-19(30)14-8-9-27-10-15(14)18-16(24)2-1-3-17(18)32-20(25)26/h1-10,20H,11H2. The summed E-state index contributed by atoms with van der Waals surface area (Å²) in [5.74, 6) is -2.26. The van der Waals surface area contributed by atoms with E-state index in [1.54, 1.807) is 24.3 Å². The molecule has 7 nitrogen and oxygen atoms in total. The van der Waals surface area contributed by atoms with Crippen LogP contribution in [0.2, 0.25) is 5.02 Å². The highest BCUT2D eigenvalue weighted by atomic mass is 35.5. The highest BCUT2D eigenvalue weighted by Crippen LogP contribution is 2.36. The van der Waals surface area contributed by atoms with Crippen LogP contribution in [0.5, 0.6) is 16.1 Å². The maximum Gasteiger partial charge on any atom is 0.387 e. The molecule has 0 atom stereocenters. The smallest absolute Gasteiger partial charge is 0.387 e. The second kappa shape index (κ2) is 10.5. The quantitative estimate of drug-likeness (QED) is 0.279. The molecule has 2 aromatic heterocycles. The lowest BCUT2D eigenvalue weighted by Crippen LogP contribution is -2.11. The van der Waals surface area contributed by atoms with Gasteiger partial charge in [-0.25, -0.2) is 9.18 Å². The van der Waals surface area contributed by atoms with Gasteiger partial charge in [-0.05, 0) is 47.2 Å². The second-order valence-corrected chi connectivity index (χ2v) is 7.89. The van der Waals surface area contributed by atoms with E-state index in [-0.39, 0.29) is 33.7 Å². The molecule has 4 rings (SSSR count). The van der Waals surface area contributed by atoms with Crippen molar-refractivity contribution in [1.29, 1.82) is 0 Å². The van der Waals surface area contributed by atoms with Gasteiger partial charge >= 0.3 is 17.8 Å². The minimum absolute atomic E-state index is 0.0926. The normalized spacial score (nSPS) is 10.9. The molecule has 0 aliphatic rings. The van der Waals surface area contributed by atoms with E-state index >= 15 is 0 Å². The van der Waals surface area contributed by atoms with Gasteiger partial charge in [-0.1, -0.05) is 40.0 Å². The van der Waals surface area contributed by atoms with Crippen LogP contribution in [-0.2, 0) is 6.61 Å². The average molecular weight is 508 g/mol. The zero-order valence-electron chi connectivity index (χ0n) is 17.0. The minimum Gasteiger partial charge on any atom is -0.464 e. The molecular weight excluding hydrogens is 495 g/mol. The number of benzene rings is 2. The van der Waals surface area contributed by atoms with Crippen molar-refractivity contribution < 1.29 is 32.2 Å². The molecule has 0 spiro atoms. The van der Waals surface area contributed by atoms with E-state index < -0.39 is 24.1 Å². The lowest BCUT2D eigenvalue weighted by molar-refractivity contribution is -0.0495. The molecule has 0 amide bonds. The van der Waals surface area contributed by atoms with Gasteiger partial charge in [0.1, 0.15) is 18.2 Å². The number of alkyl halides is 2. The molecule has 0 saturated carbocycles. The van der Waals surface area contributed by atoms with E-state index in [0.717, 1.165) is 35.2 Å². The van der Waals surface area contributed by atoms with Crippen LogP contribution in [0.3, 0.4) is 0 Å². The van der Waals surface area contributed by atoms with Gasteiger partial charge in [0.15, 0.2) is 0 Å². The van der Waals surface area contributed by atoms with Gasteiger partial charge in [-0.3, -0.25) is 4.98 Å². The molecule has 0 N–H and O–H groups in total. The van der Waals surface area contributed by atoms with Gasteiger partial charge in [0, 0.05) is 23.0 Å². The van der Waals surface area contributed by atoms with Crippen molar-refractivity contribution in [1.82, 2.24) is 15.2 Å². The third-order valence-electron chi connectivity index (χ3n) is 4.35. The second-order valence-electron chi connectivity index (χ2n) is 6.55. The maximum atomic E-state index is 14.6.